The molecule has 5 nitrogen and oxygen atoms in total. The minimum absolute atomic E-state index is 0.313. The largest absolute Gasteiger partial charge is 0.373 e. The van der Waals surface area contributed by atoms with Gasteiger partial charge in [0, 0.05) is 19.7 Å². The maximum absolute atomic E-state index is 4.69. The number of piperidine rings is 1. The third-order valence-electron chi connectivity index (χ3n) is 3.15. The van der Waals surface area contributed by atoms with Crippen molar-refractivity contribution in [2.24, 2.45) is 0 Å². The van der Waals surface area contributed by atoms with Gasteiger partial charge in [-0.25, -0.2) is 9.97 Å². The predicted molar refractivity (Wildman–Crippen MR) is 73.6 cm³/mol. The van der Waals surface area contributed by atoms with Gasteiger partial charge >= 0.3 is 0 Å². The molecule has 2 N–H and O–H groups in total. The van der Waals surface area contributed by atoms with Gasteiger partial charge in [0.25, 0.3) is 0 Å². The molecule has 5 heteroatoms. The molecular weight excluding hydrogens is 226 g/mol. The molecule has 2 heterocycles. The Bertz CT molecular complexity index is 385. The van der Waals surface area contributed by atoms with Crippen molar-refractivity contribution in [1.29, 1.82) is 0 Å². The first-order valence-corrected chi connectivity index (χ1v) is 6.63. The van der Waals surface area contributed by atoms with Crippen LogP contribution in [0.25, 0.3) is 0 Å². The van der Waals surface area contributed by atoms with Gasteiger partial charge in [0.15, 0.2) is 0 Å². The van der Waals surface area contributed by atoms with Crippen LogP contribution in [0.15, 0.2) is 6.07 Å². The number of hydrogen-bond donors (Lipinski definition) is 2. The molecule has 1 aliphatic rings. The van der Waals surface area contributed by atoms with Crippen LogP contribution in [0.3, 0.4) is 0 Å². The van der Waals surface area contributed by atoms with E-state index in [2.05, 4.69) is 39.6 Å². The maximum atomic E-state index is 4.69. The third kappa shape index (κ3) is 3.40. The average molecular weight is 249 g/mol. The monoisotopic (exact) mass is 249 g/mol. The highest BCUT2D eigenvalue weighted by Gasteiger charge is 2.18. The molecule has 0 amide bonds. The molecule has 2 rings (SSSR count). The smallest absolute Gasteiger partial charge is 0.147 e. The Labute approximate surface area is 109 Å². The Morgan fingerprint density at radius 3 is 2.83 bits per heavy atom. The highest BCUT2D eigenvalue weighted by Crippen LogP contribution is 2.21. The van der Waals surface area contributed by atoms with E-state index in [9.17, 15) is 0 Å². The van der Waals surface area contributed by atoms with E-state index in [-0.39, 0.29) is 0 Å². The Balaban J connectivity index is 2.22. The molecule has 1 fully saturated rings. The summed E-state index contributed by atoms with van der Waals surface area (Å²) in [5.41, 5.74) is 1.07. The topological polar surface area (TPSA) is 53.1 Å². The second-order valence-corrected chi connectivity index (χ2v) is 5.09. The van der Waals surface area contributed by atoms with Crippen molar-refractivity contribution in [3.8, 4) is 0 Å². The first-order valence-electron chi connectivity index (χ1n) is 6.63. The second-order valence-electron chi connectivity index (χ2n) is 5.09. The van der Waals surface area contributed by atoms with Crippen LogP contribution in [-0.2, 0) is 6.54 Å². The van der Waals surface area contributed by atoms with Crippen LogP contribution >= 0.6 is 0 Å². The van der Waals surface area contributed by atoms with Crippen molar-refractivity contribution in [3.63, 3.8) is 0 Å². The normalized spacial score (nSPS) is 20.1. The summed E-state index contributed by atoms with van der Waals surface area (Å²) in [6.45, 7) is 1.91. The van der Waals surface area contributed by atoms with E-state index in [0.29, 0.717) is 6.04 Å². The minimum Gasteiger partial charge on any atom is -0.373 e. The first kappa shape index (κ1) is 13.2. The highest BCUT2D eigenvalue weighted by molar-refractivity contribution is 5.35. The summed E-state index contributed by atoms with van der Waals surface area (Å²) in [4.78, 5) is 11.4. The molecule has 0 spiro atoms. The van der Waals surface area contributed by atoms with Crippen LogP contribution in [0.4, 0.5) is 5.82 Å². The van der Waals surface area contributed by atoms with Crippen molar-refractivity contribution in [2.45, 2.75) is 31.8 Å². The number of rotatable bonds is 4. The van der Waals surface area contributed by atoms with E-state index in [1.165, 1.54) is 12.8 Å². The summed E-state index contributed by atoms with van der Waals surface area (Å²) >= 11 is 0. The van der Waals surface area contributed by atoms with Gasteiger partial charge in [-0.2, -0.15) is 0 Å². The van der Waals surface area contributed by atoms with Crippen LogP contribution in [0.1, 0.15) is 36.8 Å². The Morgan fingerprint density at radius 1 is 1.39 bits per heavy atom. The zero-order valence-electron chi connectivity index (χ0n) is 11.5. The van der Waals surface area contributed by atoms with Crippen molar-refractivity contribution < 1.29 is 0 Å². The second kappa shape index (κ2) is 6.11. The van der Waals surface area contributed by atoms with E-state index in [4.69, 9.17) is 0 Å². The van der Waals surface area contributed by atoms with Crippen LogP contribution in [-0.4, -0.2) is 42.6 Å². The van der Waals surface area contributed by atoms with Crippen LogP contribution in [0, 0.1) is 0 Å². The van der Waals surface area contributed by atoms with Gasteiger partial charge in [-0.15, -0.1) is 0 Å². The lowest BCUT2D eigenvalue weighted by atomic mass is 10.0. The number of hydrogen-bond acceptors (Lipinski definition) is 5. The predicted octanol–water partition coefficient (Wildman–Crippen LogP) is 1.39. The lowest BCUT2D eigenvalue weighted by Gasteiger charge is -2.23. The fourth-order valence-electron chi connectivity index (χ4n) is 2.28. The lowest BCUT2D eigenvalue weighted by Crippen LogP contribution is -2.29. The molecule has 0 aromatic carbocycles. The molecule has 1 unspecified atom stereocenters. The van der Waals surface area contributed by atoms with Crippen LogP contribution in [0.5, 0.6) is 0 Å². The van der Waals surface area contributed by atoms with Gasteiger partial charge < -0.3 is 15.5 Å². The van der Waals surface area contributed by atoms with Gasteiger partial charge in [0.2, 0.25) is 0 Å². The van der Waals surface area contributed by atoms with E-state index in [0.717, 1.165) is 36.8 Å². The number of anilines is 1. The summed E-state index contributed by atoms with van der Waals surface area (Å²) in [7, 11) is 6.01. The number of aromatic nitrogens is 2. The molecular formula is C13H23N5. The summed E-state index contributed by atoms with van der Waals surface area (Å²) in [5.74, 6) is 1.84. The van der Waals surface area contributed by atoms with Crippen molar-refractivity contribution in [2.75, 3.05) is 33.0 Å². The van der Waals surface area contributed by atoms with Crippen LogP contribution < -0.4 is 10.6 Å². The SMILES string of the molecule is CNc1cc(CN(C)C)nc(C2CCCCN2)n1. The zero-order valence-corrected chi connectivity index (χ0v) is 11.5. The molecule has 0 saturated carbocycles. The van der Waals surface area contributed by atoms with E-state index in [1.807, 2.05) is 13.1 Å². The van der Waals surface area contributed by atoms with Gasteiger partial charge in [0.05, 0.1) is 11.7 Å². The lowest BCUT2D eigenvalue weighted by molar-refractivity contribution is 0.382. The summed E-state index contributed by atoms with van der Waals surface area (Å²) < 4.78 is 0. The number of nitrogens with one attached hydrogen (secondary N) is 2. The van der Waals surface area contributed by atoms with Gasteiger partial charge in [-0.05, 0) is 33.5 Å². The summed E-state index contributed by atoms with van der Waals surface area (Å²) in [5, 5.41) is 6.62. The molecule has 18 heavy (non-hydrogen) atoms. The fourth-order valence-corrected chi connectivity index (χ4v) is 2.28. The summed E-state index contributed by atoms with van der Waals surface area (Å²) in [6.07, 6.45) is 3.65. The Hall–Kier alpha value is -1.20. The van der Waals surface area contributed by atoms with Gasteiger partial charge in [0.1, 0.15) is 11.6 Å². The van der Waals surface area contributed by atoms with Crippen molar-refractivity contribution in [1.82, 2.24) is 20.2 Å². The first-order chi connectivity index (χ1) is 8.69. The fraction of sp³-hybridized carbons (Fsp3) is 0.692. The Morgan fingerprint density at radius 2 is 2.22 bits per heavy atom. The van der Waals surface area contributed by atoms with Crippen molar-refractivity contribution in [3.05, 3.63) is 17.6 Å². The number of nitrogens with zero attached hydrogens (tertiary/aromatic N) is 3. The highest BCUT2D eigenvalue weighted by atomic mass is 15.1. The van der Waals surface area contributed by atoms with Crippen molar-refractivity contribution >= 4 is 5.82 Å². The molecule has 0 bridgehead atoms. The molecule has 0 radical (unpaired) electrons. The van der Waals surface area contributed by atoms with Gasteiger partial charge in [-0.1, -0.05) is 6.42 Å². The van der Waals surface area contributed by atoms with E-state index >= 15 is 0 Å². The zero-order chi connectivity index (χ0) is 13.0. The third-order valence-corrected chi connectivity index (χ3v) is 3.15. The quantitative estimate of drug-likeness (QED) is 0.844. The maximum Gasteiger partial charge on any atom is 0.147 e. The molecule has 1 atom stereocenters. The minimum atomic E-state index is 0.313. The molecule has 1 saturated heterocycles. The molecule has 1 aromatic rings. The standard InChI is InChI=1S/C13H23N5/c1-14-12-8-10(9-18(2)3)16-13(17-12)11-6-4-5-7-15-11/h8,11,15H,4-7,9H2,1-3H3,(H,14,16,17). The summed E-state index contributed by atoms with van der Waals surface area (Å²) in [6, 6.07) is 2.33. The van der Waals surface area contributed by atoms with Crippen LogP contribution in [0.2, 0.25) is 0 Å². The molecule has 100 valence electrons. The molecule has 0 aliphatic carbocycles. The molecule has 1 aliphatic heterocycles. The van der Waals surface area contributed by atoms with E-state index in [1.54, 1.807) is 0 Å². The average Bonchev–Trinajstić information content (AvgIpc) is 2.38. The Kier molecular flexibility index (Phi) is 4.49. The van der Waals surface area contributed by atoms with Gasteiger partial charge in [-0.3, -0.25) is 0 Å². The molecule has 1 aromatic heterocycles. The van der Waals surface area contributed by atoms with E-state index < -0.39 is 0 Å².